The van der Waals surface area contributed by atoms with Crippen LogP contribution in [0.2, 0.25) is 0 Å². The summed E-state index contributed by atoms with van der Waals surface area (Å²) in [6.45, 7) is 0. The molecule has 0 aliphatic rings. The van der Waals surface area contributed by atoms with Crippen molar-refractivity contribution in [1.82, 2.24) is 6.15 Å². The molecule has 0 aromatic carbocycles. The first-order chi connectivity index (χ1) is 1.73. The molecule has 5 heteroatoms. The Balaban J connectivity index is -0.0000000450. The van der Waals surface area contributed by atoms with E-state index in [2.05, 4.69) is 0 Å². The van der Waals surface area contributed by atoms with Crippen molar-refractivity contribution in [3.8, 4) is 0 Å². The molecule has 4 radical (unpaired) electrons. The van der Waals surface area contributed by atoms with E-state index < -0.39 is 6.16 Å². The van der Waals surface area contributed by atoms with Crippen molar-refractivity contribution in [2.24, 2.45) is 0 Å². The first-order valence-electron chi connectivity index (χ1n) is 0.651. The average molecular weight is 286 g/mol. The van der Waals surface area contributed by atoms with Crippen LogP contribution in [0.15, 0.2) is 0 Å². The molecule has 0 spiro atoms. The SMILES string of the molecule is N.O=C(O)O.[Pb]. The zero-order valence-corrected chi connectivity index (χ0v) is 6.90. The van der Waals surface area contributed by atoms with Gasteiger partial charge in [0.25, 0.3) is 0 Å². The summed E-state index contributed by atoms with van der Waals surface area (Å²) in [6.07, 6.45) is -1.83. The Morgan fingerprint density at radius 2 is 1.33 bits per heavy atom. The van der Waals surface area contributed by atoms with E-state index in [9.17, 15) is 0 Å². The maximum Gasteiger partial charge on any atom is 0.503 e. The number of hydrogen-bond donors (Lipinski definition) is 3. The monoisotopic (exact) mass is 287 g/mol. The minimum absolute atomic E-state index is 0. The van der Waals surface area contributed by atoms with Gasteiger partial charge in [0.2, 0.25) is 0 Å². The molecule has 0 fully saturated rings. The molecule has 0 rings (SSSR count). The Morgan fingerprint density at radius 1 is 1.33 bits per heavy atom. The molecule has 0 amide bonds. The summed E-state index contributed by atoms with van der Waals surface area (Å²) >= 11 is 0. The van der Waals surface area contributed by atoms with Crippen LogP contribution in [-0.2, 0) is 0 Å². The van der Waals surface area contributed by atoms with E-state index in [4.69, 9.17) is 15.0 Å². The van der Waals surface area contributed by atoms with Gasteiger partial charge in [-0.1, -0.05) is 0 Å². The summed E-state index contributed by atoms with van der Waals surface area (Å²) in [5.41, 5.74) is 0. The van der Waals surface area contributed by atoms with Crippen LogP contribution in [0, 0.1) is 0 Å². The van der Waals surface area contributed by atoms with Crippen molar-refractivity contribution in [3.63, 3.8) is 0 Å². The summed E-state index contributed by atoms with van der Waals surface area (Å²) in [4.78, 5) is 8.56. The second-order valence-electron chi connectivity index (χ2n) is 0.283. The molecule has 0 heterocycles. The number of carboxylic acid groups (broad SMARTS) is 2. The van der Waals surface area contributed by atoms with Crippen molar-refractivity contribution in [2.45, 2.75) is 0 Å². The van der Waals surface area contributed by atoms with E-state index in [1.165, 1.54) is 0 Å². The van der Waals surface area contributed by atoms with Crippen LogP contribution < -0.4 is 6.15 Å². The second-order valence-corrected chi connectivity index (χ2v) is 0.283. The van der Waals surface area contributed by atoms with E-state index in [1.807, 2.05) is 0 Å². The molecule has 5 N–H and O–H groups in total. The van der Waals surface area contributed by atoms with Crippen LogP contribution in [0.1, 0.15) is 0 Å². The van der Waals surface area contributed by atoms with Crippen LogP contribution >= 0.6 is 0 Å². The predicted molar refractivity (Wildman–Crippen MR) is 21.4 cm³/mol. The maximum absolute atomic E-state index is 8.56. The molecule has 0 aromatic rings. The standard InChI is InChI=1S/CH2O3.H3N.Pb/c2-1(3)4;;/h(H2,2,3,4);1H3;. The van der Waals surface area contributed by atoms with Gasteiger partial charge in [0.1, 0.15) is 0 Å². The largest absolute Gasteiger partial charge is 0.503 e. The maximum atomic E-state index is 8.56. The summed E-state index contributed by atoms with van der Waals surface area (Å²) in [6, 6.07) is 0. The minimum Gasteiger partial charge on any atom is -0.450 e. The van der Waals surface area contributed by atoms with Gasteiger partial charge < -0.3 is 16.4 Å². The second kappa shape index (κ2) is 8.94. The van der Waals surface area contributed by atoms with Crippen molar-refractivity contribution in [1.29, 1.82) is 0 Å². The zero-order chi connectivity index (χ0) is 3.58. The van der Waals surface area contributed by atoms with E-state index in [-0.39, 0.29) is 33.4 Å². The van der Waals surface area contributed by atoms with Crippen molar-refractivity contribution < 1.29 is 15.0 Å². The molecular weight excluding hydrogens is 281 g/mol. The Labute approximate surface area is 54.9 Å². The number of rotatable bonds is 0. The molecule has 0 atom stereocenters. The third-order valence-corrected chi connectivity index (χ3v) is 0. The summed E-state index contributed by atoms with van der Waals surface area (Å²) in [7, 11) is 0. The minimum atomic E-state index is -1.83. The number of hydrogen-bond acceptors (Lipinski definition) is 2. The molecule has 0 saturated carbocycles. The summed E-state index contributed by atoms with van der Waals surface area (Å²) in [5, 5.41) is 13.9. The van der Waals surface area contributed by atoms with E-state index >= 15 is 0 Å². The molecule has 0 aromatic heterocycles. The van der Waals surface area contributed by atoms with Gasteiger partial charge in [0.15, 0.2) is 0 Å². The van der Waals surface area contributed by atoms with E-state index in [0.717, 1.165) is 0 Å². The Bertz CT molecular complexity index is 33.8. The van der Waals surface area contributed by atoms with Gasteiger partial charge in [0.05, 0.1) is 0 Å². The molecule has 0 bridgehead atoms. The topological polar surface area (TPSA) is 92.5 Å². The first-order valence-corrected chi connectivity index (χ1v) is 0.651. The molecule has 36 valence electrons. The van der Waals surface area contributed by atoms with Gasteiger partial charge in [0, 0.05) is 27.3 Å². The number of carbonyl (C=O) groups is 1. The summed E-state index contributed by atoms with van der Waals surface area (Å²) < 4.78 is 0. The quantitative estimate of drug-likeness (QED) is 0.547. The fourth-order valence-corrected chi connectivity index (χ4v) is 0. The molecule has 0 aliphatic carbocycles. The van der Waals surface area contributed by atoms with Crippen LogP contribution in [0.5, 0.6) is 0 Å². The van der Waals surface area contributed by atoms with Gasteiger partial charge in [-0.2, -0.15) is 0 Å². The van der Waals surface area contributed by atoms with Crippen molar-refractivity contribution >= 4 is 33.5 Å². The fraction of sp³-hybridized carbons (Fsp3) is 0. The van der Waals surface area contributed by atoms with Crippen LogP contribution in [-0.4, -0.2) is 43.7 Å². The zero-order valence-electron chi connectivity index (χ0n) is 3.01. The fourth-order valence-electron chi connectivity index (χ4n) is 0. The molecule has 0 aliphatic heterocycles. The third-order valence-electron chi connectivity index (χ3n) is 0. The molecule has 6 heavy (non-hydrogen) atoms. The molecule has 0 saturated heterocycles. The Hall–Kier alpha value is 0.152. The van der Waals surface area contributed by atoms with Crippen LogP contribution in [0.3, 0.4) is 0 Å². The van der Waals surface area contributed by atoms with Gasteiger partial charge in [-0.05, 0) is 0 Å². The van der Waals surface area contributed by atoms with Crippen LogP contribution in [0.4, 0.5) is 4.79 Å². The third kappa shape index (κ3) is 1780. The van der Waals surface area contributed by atoms with Gasteiger partial charge in [-0.15, -0.1) is 0 Å². The summed E-state index contributed by atoms with van der Waals surface area (Å²) in [5.74, 6) is 0. The van der Waals surface area contributed by atoms with Crippen LogP contribution in [0.25, 0.3) is 0 Å². The van der Waals surface area contributed by atoms with E-state index in [1.54, 1.807) is 0 Å². The molecule has 0 unspecified atom stereocenters. The van der Waals surface area contributed by atoms with Crippen molar-refractivity contribution in [3.05, 3.63) is 0 Å². The first kappa shape index (κ1) is 16.4. The molecular formula is CH5NO3Pb. The smallest absolute Gasteiger partial charge is 0.450 e. The average Bonchev–Trinajstić information content (AvgIpc) is 0.811. The van der Waals surface area contributed by atoms with Gasteiger partial charge >= 0.3 is 6.16 Å². The predicted octanol–water partition coefficient (Wildman–Crippen LogP) is 0.00360. The molecule has 4 nitrogen and oxygen atoms in total. The Morgan fingerprint density at radius 3 is 1.33 bits per heavy atom. The van der Waals surface area contributed by atoms with Gasteiger partial charge in [-0.25, -0.2) is 4.79 Å². The van der Waals surface area contributed by atoms with E-state index in [0.29, 0.717) is 0 Å². The van der Waals surface area contributed by atoms with Crippen molar-refractivity contribution in [2.75, 3.05) is 0 Å². The normalized spacial score (nSPS) is 4.00. The van der Waals surface area contributed by atoms with Gasteiger partial charge in [-0.3, -0.25) is 0 Å². The Kier molecular flexibility index (Phi) is 24.5.